The molecule has 0 unspecified atom stereocenters. The van der Waals surface area contributed by atoms with Crippen LogP contribution < -0.4 is 15.5 Å². The molecule has 2 N–H and O–H groups in total. The maximum atomic E-state index is 12.3. The Kier molecular flexibility index (Phi) is 4.84. The first-order chi connectivity index (χ1) is 11.1. The smallest absolute Gasteiger partial charge is 0.319 e. The van der Waals surface area contributed by atoms with E-state index in [4.69, 9.17) is 0 Å². The van der Waals surface area contributed by atoms with Gasteiger partial charge >= 0.3 is 6.03 Å². The van der Waals surface area contributed by atoms with E-state index in [1.54, 1.807) is 11.8 Å². The molecule has 0 spiro atoms. The highest BCUT2D eigenvalue weighted by molar-refractivity contribution is 6.00. The molecule has 0 bridgehead atoms. The van der Waals surface area contributed by atoms with Gasteiger partial charge in [-0.2, -0.15) is 0 Å². The highest BCUT2D eigenvalue weighted by atomic mass is 16.2. The van der Waals surface area contributed by atoms with Gasteiger partial charge in [-0.1, -0.05) is 31.4 Å². The fourth-order valence-corrected chi connectivity index (χ4v) is 3.34. The van der Waals surface area contributed by atoms with Crippen molar-refractivity contribution in [2.75, 3.05) is 10.2 Å². The van der Waals surface area contributed by atoms with Crippen molar-refractivity contribution in [3.63, 3.8) is 0 Å². The lowest BCUT2D eigenvalue weighted by Gasteiger charge is -2.25. The summed E-state index contributed by atoms with van der Waals surface area (Å²) in [4.78, 5) is 26.1. The lowest BCUT2D eigenvalue weighted by molar-refractivity contribution is -0.116. The van der Waals surface area contributed by atoms with Crippen LogP contribution in [0.25, 0.3) is 0 Å². The maximum absolute atomic E-state index is 12.3. The van der Waals surface area contributed by atoms with Crippen molar-refractivity contribution in [1.82, 2.24) is 5.32 Å². The standard InChI is InChI=1S/C18H25N3O2/c1-13(22)21(15-11-12-15)17-10-6-5-9-16(17)20-18(23)19-14-7-3-2-4-8-14/h5-6,9-10,14-15H,2-4,7-8,11-12H2,1H3,(H2,19,20,23). The first-order valence-corrected chi connectivity index (χ1v) is 8.61. The molecule has 5 heteroatoms. The molecule has 0 heterocycles. The van der Waals surface area contributed by atoms with E-state index in [0.29, 0.717) is 5.69 Å². The molecule has 2 saturated carbocycles. The summed E-state index contributed by atoms with van der Waals surface area (Å²) in [7, 11) is 0. The van der Waals surface area contributed by atoms with E-state index in [1.807, 2.05) is 24.3 Å². The summed E-state index contributed by atoms with van der Waals surface area (Å²) < 4.78 is 0. The Morgan fingerprint density at radius 2 is 1.74 bits per heavy atom. The van der Waals surface area contributed by atoms with Crippen LogP contribution >= 0.6 is 0 Å². The van der Waals surface area contributed by atoms with Crippen molar-refractivity contribution in [2.45, 2.75) is 64.0 Å². The number of amides is 3. The van der Waals surface area contributed by atoms with Gasteiger partial charge in [0.2, 0.25) is 5.91 Å². The molecule has 0 saturated heterocycles. The number of nitrogens with zero attached hydrogens (tertiary/aromatic N) is 1. The van der Waals surface area contributed by atoms with E-state index in [2.05, 4.69) is 10.6 Å². The van der Waals surface area contributed by atoms with Crippen molar-refractivity contribution in [3.8, 4) is 0 Å². The van der Waals surface area contributed by atoms with Crippen molar-refractivity contribution >= 4 is 23.3 Å². The third kappa shape index (κ3) is 4.03. The molecule has 1 aromatic rings. The molecular formula is C18H25N3O2. The zero-order valence-corrected chi connectivity index (χ0v) is 13.7. The highest BCUT2D eigenvalue weighted by Gasteiger charge is 2.33. The average molecular weight is 315 g/mol. The third-order valence-corrected chi connectivity index (χ3v) is 4.60. The number of rotatable bonds is 4. The summed E-state index contributed by atoms with van der Waals surface area (Å²) in [6, 6.07) is 7.90. The van der Waals surface area contributed by atoms with Gasteiger partial charge in [0.1, 0.15) is 0 Å². The molecule has 2 aliphatic rings. The molecule has 0 aromatic heterocycles. The van der Waals surface area contributed by atoms with Crippen molar-refractivity contribution in [2.24, 2.45) is 0 Å². The van der Waals surface area contributed by atoms with E-state index in [9.17, 15) is 9.59 Å². The number of nitrogens with one attached hydrogen (secondary N) is 2. The lowest BCUT2D eigenvalue weighted by atomic mass is 9.96. The van der Waals surface area contributed by atoms with Gasteiger partial charge in [0.05, 0.1) is 11.4 Å². The van der Waals surface area contributed by atoms with E-state index in [-0.39, 0.29) is 24.0 Å². The summed E-state index contributed by atoms with van der Waals surface area (Å²) in [6.45, 7) is 1.58. The number of para-hydroxylation sites is 2. The lowest BCUT2D eigenvalue weighted by Crippen LogP contribution is -2.39. The minimum atomic E-state index is -0.177. The average Bonchev–Trinajstić information content (AvgIpc) is 3.34. The van der Waals surface area contributed by atoms with Crippen LogP contribution in [0.4, 0.5) is 16.2 Å². The molecule has 5 nitrogen and oxygen atoms in total. The second-order valence-corrected chi connectivity index (χ2v) is 6.57. The molecule has 23 heavy (non-hydrogen) atoms. The van der Waals surface area contributed by atoms with Gasteiger partial charge in [-0.3, -0.25) is 4.79 Å². The van der Waals surface area contributed by atoms with E-state index < -0.39 is 0 Å². The second-order valence-electron chi connectivity index (χ2n) is 6.57. The number of carbonyl (C=O) groups excluding carboxylic acids is 2. The first-order valence-electron chi connectivity index (χ1n) is 8.61. The molecule has 124 valence electrons. The number of benzene rings is 1. The van der Waals surface area contributed by atoms with Gasteiger partial charge in [-0.15, -0.1) is 0 Å². The Balaban J connectivity index is 1.69. The molecule has 0 radical (unpaired) electrons. The van der Waals surface area contributed by atoms with Gasteiger partial charge in [0.15, 0.2) is 0 Å². The summed E-state index contributed by atoms with van der Waals surface area (Å²) in [5.74, 6) is 0.0226. The van der Waals surface area contributed by atoms with Crippen LogP contribution in [0.3, 0.4) is 0 Å². The van der Waals surface area contributed by atoms with Crippen molar-refractivity contribution in [3.05, 3.63) is 24.3 Å². The SMILES string of the molecule is CC(=O)N(c1ccccc1NC(=O)NC1CCCCC1)C1CC1. The largest absolute Gasteiger partial charge is 0.335 e. The Bertz CT molecular complexity index is 577. The Hall–Kier alpha value is -2.04. The fraction of sp³-hybridized carbons (Fsp3) is 0.556. The quantitative estimate of drug-likeness (QED) is 0.891. The molecule has 2 fully saturated rings. The minimum Gasteiger partial charge on any atom is -0.335 e. The summed E-state index contributed by atoms with van der Waals surface area (Å²) >= 11 is 0. The monoisotopic (exact) mass is 315 g/mol. The molecule has 2 aliphatic carbocycles. The van der Waals surface area contributed by atoms with Crippen LogP contribution in [0.15, 0.2) is 24.3 Å². The predicted molar refractivity (Wildman–Crippen MR) is 91.7 cm³/mol. The topological polar surface area (TPSA) is 61.4 Å². The molecule has 0 atom stereocenters. The molecule has 3 amide bonds. The number of urea groups is 1. The molecule has 3 rings (SSSR count). The van der Waals surface area contributed by atoms with Crippen LogP contribution in [0.2, 0.25) is 0 Å². The summed E-state index contributed by atoms with van der Waals surface area (Å²) in [6.07, 6.45) is 7.79. The number of carbonyl (C=O) groups is 2. The van der Waals surface area contributed by atoms with E-state index in [0.717, 1.165) is 31.4 Å². The summed E-state index contributed by atoms with van der Waals surface area (Å²) in [5, 5.41) is 5.99. The van der Waals surface area contributed by atoms with Gasteiger partial charge < -0.3 is 15.5 Å². The van der Waals surface area contributed by atoms with Crippen LogP contribution in [-0.2, 0) is 4.79 Å². The zero-order valence-electron chi connectivity index (χ0n) is 13.7. The second kappa shape index (κ2) is 7.02. The van der Waals surface area contributed by atoms with Gasteiger partial charge in [0, 0.05) is 19.0 Å². The van der Waals surface area contributed by atoms with Crippen LogP contribution in [-0.4, -0.2) is 24.0 Å². The Labute approximate surface area is 137 Å². The highest BCUT2D eigenvalue weighted by Crippen LogP contribution is 2.35. The van der Waals surface area contributed by atoms with E-state index >= 15 is 0 Å². The number of hydrogen-bond acceptors (Lipinski definition) is 2. The first kappa shape index (κ1) is 15.8. The molecular weight excluding hydrogens is 290 g/mol. The minimum absolute atomic E-state index is 0.0226. The Morgan fingerprint density at radius 1 is 1.04 bits per heavy atom. The number of hydrogen-bond donors (Lipinski definition) is 2. The Morgan fingerprint density at radius 3 is 2.39 bits per heavy atom. The van der Waals surface area contributed by atoms with Crippen molar-refractivity contribution in [1.29, 1.82) is 0 Å². The zero-order chi connectivity index (χ0) is 16.2. The summed E-state index contributed by atoms with van der Waals surface area (Å²) in [5.41, 5.74) is 1.49. The van der Waals surface area contributed by atoms with Crippen LogP contribution in [0.5, 0.6) is 0 Å². The molecule has 1 aromatic carbocycles. The third-order valence-electron chi connectivity index (χ3n) is 4.60. The molecule has 0 aliphatic heterocycles. The normalized spacial score (nSPS) is 18.3. The van der Waals surface area contributed by atoms with Gasteiger partial charge in [-0.25, -0.2) is 4.79 Å². The predicted octanol–water partition coefficient (Wildman–Crippen LogP) is 3.66. The maximum Gasteiger partial charge on any atom is 0.319 e. The van der Waals surface area contributed by atoms with Gasteiger partial charge in [-0.05, 0) is 37.8 Å². The number of anilines is 2. The van der Waals surface area contributed by atoms with Crippen molar-refractivity contribution < 1.29 is 9.59 Å². The van der Waals surface area contributed by atoms with Gasteiger partial charge in [0.25, 0.3) is 0 Å². The van der Waals surface area contributed by atoms with Crippen LogP contribution in [0, 0.1) is 0 Å². The van der Waals surface area contributed by atoms with Crippen LogP contribution in [0.1, 0.15) is 51.9 Å². The fourth-order valence-electron chi connectivity index (χ4n) is 3.34. The van der Waals surface area contributed by atoms with E-state index in [1.165, 1.54) is 19.3 Å².